The highest BCUT2D eigenvalue weighted by Gasteiger charge is 2.63. The number of halogens is 1. The molecule has 1 N–H and O–H groups in total. The molecule has 0 aliphatic carbocycles. The van der Waals surface area contributed by atoms with Crippen LogP contribution in [0.3, 0.4) is 0 Å². The Balaban J connectivity index is 1.30. The molecule has 2 bridgehead atoms. The van der Waals surface area contributed by atoms with Crippen molar-refractivity contribution in [2.45, 2.75) is 31.5 Å². The molecule has 3 aliphatic heterocycles. The van der Waals surface area contributed by atoms with E-state index in [1.165, 1.54) is 5.56 Å². The fourth-order valence-corrected chi connectivity index (χ4v) is 5.46. The van der Waals surface area contributed by atoms with Crippen LogP contribution in [0.15, 0.2) is 42.6 Å². The first-order valence-electron chi connectivity index (χ1n) is 9.94. The molecule has 0 radical (unpaired) electrons. The normalized spacial score (nSPS) is 30.5. The lowest BCUT2D eigenvalue weighted by atomic mass is 9.73. The van der Waals surface area contributed by atoms with Crippen molar-refractivity contribution in [3.05, 3.63) is 58.7 Å². The van der Waals surface area contributed by atoms with E-state index in [-0.39, 0.29) is 17.6 Å². The zero-order valence-electron chi connectivity index (χ0n) is 15.9. The van der Waals surface area contributed by atoms with Crippen molar-refractivity contribution in [1.29, 1.82) is 0 Å². The third-order valence-corrected chi connectivity index (χ3v) is 6.95. The molecule has 4 heterocycles. The summed E-state index contributed by atoms with van der Waals surface area (Å²) in [4.78, 5) is 19.5. The van der Waals surface area contributed by atoms with Crippen molar-refractivity contribution in [2.24, 2.45) is 11.8 Å². The summed E-state index contributed by atoms with van der Waals surface area (Å²) < 4.78 is 6.49. The van der Waals surface area contributed by atoms with Crippen LogP contribution >= 0.6 is 11.6 Å². The molecular formula is C22H24ClN3O2. The second-order valence-corrected chi connectivity index (χ2v) is 8.70. The summed E-state index contributed by atoms with van der Waals surface area (Å²) in [5.74, 6) is 1.65. The predicted molar refractivity (Wildman–Crippen MR) is 109 cm³/mol. The van der Waals surface area contributed by atoms with Gasteiger partial charge in [-0.3, -0.25) is 4.79 Å². The number of nitrogens with zero attached hydrogens (tertiary/aromatic N) is 2. The molecule has 6 heteroatoms. The SMILES string of the molecule is Cc1ccc(N2C[C@@H]3[C@H](CNC(=O)c4ccccc4Cl)[C@H]4CC[C@]3(C2)O4)nc1. The van der Waals surface area contributed by atoms with Crippen LogP contribution < -0.4 is 10.2 Å². The average molecular weight is 398 g/mol. The standard InChI is InChI=1S/C22H24ClN3O2/c1-14-6-7-20(24-10-14)26-12-17-16(19-8-9-22(17,13-26)28-19)11-25-21(27)15-4-2-3-5-18(15)23/h2-7,10,16-17,19H,8-9,11-13H2,1H3,(H,25,27)/t16-,17+,19+,22+/m0/s1. The number of nitrogens with one attached hydrogen (secondary N) is 1. The fraction of sp³-hybridized carbons (Fsp3) is 0.455. The summed E-state index contributed by atoms with van der Waals surface area (Å²) in [5, 5.41) is 3.58. The van der Waals surface area contributed by atoms with Crippen LogP contribution in [0.4, 0.5) is 5.82 Å². The first kappa shape index (κ1) is 18.0. The molecule has 5 rings (SSSR count). The van der Waals surface area contributed by atoms with Gasteiger partial charge in [-0.1, -0.05) is 29.8 Å². The Hall–Kier alpha value is -2.11. The Kier molecular flexibility index (Phi) is 4.33. The summed E-state index contributed by atoms with van der Waals surface area (Å²) in [7, 11) is 0. The zero-order chi connectivity index (χ0) is 19.3. The number of aromatic nitrogens is 1. The van der Waals surface area contributed by atoms with Crippen LogP contribution in [0.2, 0.25) is 5.02 Å². The maximum absolute atomic E-state index is 12.6. The number of fused-ring (bicyclic) bond motifs is 1. The summed E-state index contributed by atoms with van der Waals surface area (Å²) >= 11 is 6.16. The van der Waals surface area contributed by atoms with Crippen molar-refractivity contribution in [1.82, 2.24) is 10.3 Å². The Labute approximate surface area is 170 Å². The van der Waals surface area contributed by atoms with Crippen LogP contribution in [0.1, 0.15) is 28.8 Å². The Bertz CT molecular complexity index is 903. The van der Waals surface area contributed by atoms with Gasteiger partial charge in [0.05, 0.1) is 22.3 Å². The average Bonchev–Trinajstić information content (AvgIpc) is 3.35. The number of carbonyl (C=O) groups excluding carboxylic acids is 1. The van der Waals surface area contributed by atoms with Gasteiger partial charge in [-0.25, -0.2) is 4.98 Å². The van der Waals surface area contributed by atoms with Gasteiger partial charge in [0.25, 0.3) is 5.91 Å². The van der Waals surface area contributed by atoms with E-state index in [4.69, 9.17) is 16.3 Å². The molecule has 1 aromatic carbocycles. The van der Waals surface area contributed by atoms with E-state index in [0.29, 0.717) is 29.0 Å². The van der Waals surface area contributed by atoms with Gasteiger partial charge in [-0.15, -0.1) is 0 Å². The third-order valence-electron chi connectivity index (χ3n) is 6.62. The van der Waals surface area contributed by atoms with E-state index in [9.17, 15) is 4.79 Å². The van der Waals surface area contributed by atoms with E-state index in [1.54, 1.807) is 12.1 Å². The van der Waals surface area contributed by atoms with Crippen molar-refractivity contribution in [3.63, 3.8) is 0 Å². The molecule has 1 amide bonds. The van der Waals surface area contributed by atoms with Gasteiger partial charge in [0, 0.05) is 37.7 Å². The number of pyridine rings is 1. The lowest BCUT2D eigenvalue weighted by molar-refractivity contribution is 0.0141. The number of aryl methyl sites for hydroxylation is 1. The van der Waals surface area contributed by atoms with Gasteiger partial charge in [0.15, 0.2) is 0 Å². The Morgan fingerprint density at radius 2 is 2.21 bits per heavy atom. The monoisotopic (exact) mass is 397 g/mol. The smallest absolute Gasteiger partial charge is 0.252 e. The molecule has 4 atom stereocenters. The van der Waals surface area contributed by atoms with E-state index in [1.807, 2.05) is 18.3 Å². The quantitative estimate of drug-likeness (QED) is 0.858. The molecule has 1 aromatic heterocycles. The van der Waals surface area contributed by atoms with Gasteiger partial charge < -0.3 is 15.0 Å². The number of amides is 1. The molecule has 0 unspecified atom stereocenters. The van der Waals surface area contributed by atoms with Gasteiger partial charge in [-0.2, -0.15) is 0 Å². The summed E-state index contributed by atoms with van der Waals surface area (Å²) in [5.41, 5.74) is 1.61. The van der Waals surface area contributed by atoms with E-state index < -0.39 is 0 Å². The highest BCUT2D eigenvalue weighted by molar-refractivity contribution is 6.33. The second-order valence-electron chi connectivity index (χ2n) is 8.29. The minimum Gasteiger partial charge on any atom is -0.369 e. The summed E-state index contributed by atoms with van der Waals surface area (Å²) in [6, 6.07) is 11.4. The van der Waals surface area contributed by atoms with Crippen molar-refractivity contribution < 1.29 is 9.53 Å². The number of benzene rings is 1. The third kappa shape index (κ3) is 2.88. The predicted octanol–water partition coefficient (Wildman–Crippen LogP) is 3.46. The highest BCUT2D eigenvalue weighted by atomic mass is 35.5. The molecule has 3 fully saturated rings. The zero-order valence-corrected chi connectivity index (χ0v) is 16.7. The molecule has 28 heavy (non-hydrogen) atoms. The highest BCUT2D eigenvalue weighted by Crippen LogP contribution is 2.55. The van der Waals surface area contributed by atoms with E-state index >= 15 is 0 Å². The number of hydrogen-bond acceptors (Lipinski definition) is 4. The van der Waals surface area contributed by atoms with Crippen LogP contribution in [0.5, 0.6) is 0 Å². The van der Waals surface area contributed by atoms with Crippen molar-refractivity contribution in [3.8, 4) is 0 Å². The van der Waals surface area contributed by atoms with Gasteiger partial charge >= 0.3 is 0 Å². The molecule has 1 spiro atoms. The lowest BCUT2D eigenvalue weighted by Gasteiger charge is -2.29. The number of anilines is 1. The van der Waals surface area contributed by atoms with Crippen molar-refractivity contribution in [2.75, 3.05) is 24.5 Å². The van der Waals surface area contributed by atoms with E-state index in [2.05, 4.69) is 34.3 Å². The van der Waals surface area contributed by atoms with E-state index in [0.717, 1.165) is 31.7 Å². The first-order chi connectivity index (χ1) is 13.6. The van der Waals surface area contributed by atoms with Gasteiger partial charge in [0.1, 0.15) is 5.82 Å². The molecule has 0 saturated carbocycles. The topological polar surface area (TPSA) is 54.5 Å². The van der Waals surface area contributed by atoms with Crippen LogP contribution in [0.25, 0.3) is 0 Å². The second kappa shape index (κ2) is 6.75. The van der Waals surface area contributed by atoms with Crippen LogP contribution in [0, 0.1) is 18.8 Å². The molecule has 3 aliphatic rings. The summed E-state index contributed by atoms with van der Waals surface area (Å²) in [6.07, 6.45) is 4.32. The minimum absolute atomic E-state index is 0.0863. The number of rotatable bonds is 4. The molecule has 2 aromatic rings. The largest absolute Gasteiger partial charge is 0.369 e. The van der Waals surface area contributed by atoms with Crippen LogP contribution in [-0.2, 0) is 4.74 Å². The minimum atomic E-state index is -0.113. The Morgan fingerprint density at radius 1 is 1.36 bits per heavy atom. The van der Waals surface area contributed by atoms with Gasteiger partial charge in [-0.05, 0) is 43.5 Å². The molecular weight excluding hydrogens is 374 g/mol. The maximum Gasteiger partial charge on any atom is 0.252 e. The fourth-order valence-electron chi connectivity index (χ4n) is 5.24. The molecule has 146 valence electrons. The lowest BCUT2D eigenvalue weighted by Crippen LogP contribution is -2.41. The molecule has 5 nitrogen and oxygen atoms in total. The van der Waals surface area contributed by atoms with Crippen molar-refractivity contribution >= 4 is 23.3 Å². The molecule has 3 saturated heterocycles. The number of carbonyl (C=O) groups is 1. The van der Waals surface area contributed by atoms with Crippen LogP contribution in [-0.4, -0.2) is 42.2 Å². The number of ether oxygens (including phenoxy) is 1. The maximum atomic E-state index is 12.6. The Morgan fingerprint density at radius 3 is 3.00 bits per heavy atom. The van der Waals surface area contributed by atoms with Gasteiger partial charge in [0.2, 0.25) is 0 Å². The number of hydrogen-bond donors (Lipinski definition) is 1. The summed E-state index contributed by atoms with van der Waals surface area (Å²) in [6.45, 7) is 4.49. The first-order valence-corrected chi connectivity index (χ1v) is 10.3.